The maximum absolute atomic E-state index is 13.3. The number of halogens is 2. The number of benzene rings is 2. The predicted octanol–water partition coefficient (Wildman–Crippen LogP) is 6.66. The highest BCUT2D eigenvalue weighted by molar-refractivity contribution is 7.09. The Morgan fingerprint density at radius 2 is 1.82 bits per heavy atom. The minimum atomic E-state index is -0.113. The molecule has 168 valence electrons. The molecule has 0 saturated heterocycles. The summed E-state index contributed by atoms with van der Waals surface area (Å²) in [5.74, 6) is 0. The highest BCUT2D eigenvalue weighted by Gasteiger charge is 2.18. The molecule has 33 heavy (non-hydrogen) atoms. The second-order valence-corrected chi connectivity index (χ2v) is 9.62. The smallest absolute Gasteiger partial charge is 0.259 e. The van der Waals surface area contributed by atoms with Crippen LogP contribution in [0.5, 0.6) is 0 Å². The molecule has 2 aromatic carbocycles. The van der Waals surface area contributed by atoms with Gasteiger partial charge in [-0.2, -0.15) is 0 Å². The van der Waals surface area contributed by atoms with Crippen LogP contribution in [0.2, 0.25) is 10.0 Å². The molecule has 3 aromatic heterocycles. The molecule has 5 nitrogen and oxygen atoms in total. The number of thiazole rings is 1. The van der Waals surface area contributed by atoms with Crippen LogP contribution >= 0.6 is 34.5 Å². The van der Waals surface area contributed by atoms with Crippen molar-refractivity contribution >= 4 is 56.5 Å². The average molecular weight is 498 g/mol. The zero-order valence-corrected chi connectivity index (χ0v) is 20.7. The first kappa shape index (κ1) is 22.2. The quantitative estimate of drug-likeness (QED) is 0.272. The predicted molar refractivity (Wildman–Crippen MR) is 138 cm³/mol. The van der Waals surface area contributed by atoms with Gasteiger partial charge < -0.3 is 9.30 Å². The lowest BCUT2D eigenvalue weighted by atomic mass is 10.0. The number of fused-ring (bicyclic) bond motifs is 3. The molecule has 0 aliphatic carbocycles. The molecule has 5 rings (SSSR count). The van der Waals surface area contributed by atoms with Crippen LogP contribution in [0, 0.1) is 0 Å². The third-order valence-electron chi connectivity index (χ3n) is 5.85. The fourth-order valence-electron chi connectivity index (χ4n) is 4.25. The van der Waals surface area contributed by atoms with E-state index >= 15 is 0 Å². The molecule has 0 saturated carbocycles. The van der Waals surface area contributed by atoms with Gasteiger partial charge in [-0.1, -0.05) is 35.3 Å². The van der Waals surface area contributed by atoms with Crippen LogP contribution in [0.1, 0.15) is 11.9 Å². The summed E-state index contributed by atoms with van der Waals surface area (Å²) in [5.41, 5.74) is 4.91. The number of rotatable bonds is 5. The van der Waals surface area contributed by atoms with Crippen LogP contribution in [0.15, 0.2) is 52.6 Å². The average Bonchev–Trinajstić information content (AvgIpc) is 3.38. The Morgan fingerprint density at radius 1 is 1.00 bits per heavy atom. The summed E-state index contributed by atoms with van der Waals surface area (Å²) in [6, 6.07) is 13.4. The van der Waals surface area contributed by atoms with Crippen molar-refractivity contribution in [1.82, 2.24) is 14.1 Å². The van der Waals surface area contributed by atoms with Crippen molar-refractivity contribution in [2.75, 3.05) is 6.61 Å². The Bertz CT molecular complexity index is 1580. The van der Waals surface area contributed by atoms with Gasteiger partial charge in [0.05, 0.1) is 22.8 Å². The number of aromatic nitrogens is 3. The highest BCUT2D eigenvalue weighted by Crippen LogP contribution is 2.35. The van der Waals surface area contributed by atoms with Crippen LogP contribution in [0.3, 0.4) is 0 Å². The molecule has 0 fully saturated rings. The Morgan fingerprint density at radius 3 is 2.58 bits per heavy atom. The molecule has 0 N–H and O–H groups in total. The second-order valence-electron chi connectivity index (χ2n) is 7.84. The summed E-state index contributed by atoms with van der Waals surface area (Å²) >= 11 is 14.1. The standard InChI is InChI=1S/C25H21Cl2N3O2S/c1-4-32-12-23-28-21(13-33-23)14-5-8-22-17(9-14)18-11-19(16-7-6-15(26)10-20(16)27)25(31)30(3)24(18)29(22)2/h5-11,13H,4,12H2,1-3H3. The van der Waals surface area contributed by atoms with Gasteiger partial charge in [-0.05, 0) is 37.3 Å². The second kappa shape index (κ2) is 8.61. The van der Waals surface area contributed by atoms with Crippen LogP contribution in [-0.2, 0) is 25.4 Å². The van der Waals surface area contributed by atoms with E-state index in [9.17, 15) is 4.79 Å². The van der Waals surface area contributed by atoms with Crippen LogP contribution in [0.4, 0.5) is 0 Å². The van der Waals surface area contributed by atoms with E-state index in [4.69, 9.17) is 32.9 Å². The van der Waals surface area contributed by atoms with Crippen LogP contribution < -0.4 is 5.56 Å². The molecular formula is C25H21Cl2N3O2S. The summed E-state index contributed by atoms with van der Waals surface area (Å²) in [6.45, 7) is 3.16. The lowest BCUT2D eigenvalue weighted by Gasteiger charge is -2.09. The number of ether oxygens (including phenoxy) is 1. The number of nitrogens with zero attached hydrogens (tertiary/aromatic N) is 3. The molecule has 8 heteroatoms. The fourth-order valence-corrected chi connectivity index (χ4v) is 5.50. The minimum Gasteiger partial charge on any atom is -0.375 e. The maximum Gasteiger partial charge on any atom is 0.259 e. The highest BCUT2D eigenvalue weighted by atomic mass is 35.5. The molecule has 0 unspecified atom stereocenters. The van der Waals surface area contributed by atoms with Gasteiger partial charge in [-0.25, -0.2) is 4.98 Å². The number of hydrogen-bond donors (Lipinski definition) is 0. The molecule has 0 spiro atoms. The van der Waals surface area contributed by atoms with Gasteiger partial charge in [-0.3, -0.25) is 9.36 Å². The normalized spacial score (nSPS) is 11.7. The molecule has 0 amide bonds. The first-order valence-electron chi connectivity index (χ1n) is 10.5. The Balaban J connectivity index is 1.73. The number of aryl methyl sites for hydroxylation is 2. The van der Waals surface area contributed by atoms with E-state index in [0.717, 1.165) is 38.2 Å². The van der Waals surface area contributed by atoms with Gasteiger partial charge in [-0.15, -0.1) is 11.3 Å². The van der Waals surface area contributed by atoms with E-state index in [1.165, 1.54) is 0 Å². The zero-order valence-electron chi connectivity index (χ0n) is 18.4. The summed E-state index contributed by atoms with van der Waals surface area (Å²) in [5, 5.41) is 6.00. The van der Waals surface area contributed by atoms with E-state index in [-0.39, 0.29) is 5.56 Å². The van der Waals surface area contributed by atoms with E-state index in [1.54, 1.807) is 41.2 Å². The molecule has 0 radical (unpaired) electrons. The van der Waals surface area contributed by atoms with Crippen molar-refractivity contribution in [3.05, 3.63) is 73.3 Å². The maximum atomic E-state index is 13.3. The third kappa shape index (κ3) is 3.77. The van der Waals surface area contributed by atoms with Gasteiger partial charge in [0.1, 0.15) is 10.7 Å². The van der Waals surface area contributed by atoms with Crippen molar-refractivity contribution < 1.29 is 4.74 Å². The van der Waals surface area contributed by atoms with Crippen molar-refractivity contribution in [1.29, 1.82) is 0 Å². The third-order valence-corrected chi connectivity index (χ3v) is 7.22. The summed E-state index contributed by atoms with van der Waals surface area (Å²) in [6.07, 6.45) is 0. The zero-order chi connectivity index (χ0) is 23.3. The summed E-state index contributed by atoms with van der Waals surface area (Å²) in [7, 11) is 3.76. The number of hydrogen-bond acceptors (Lipinski definition) is 4. The van der Waals surface area contributed by atoms with Gasteiger partial charge in [0.15, 0.2) is 0 Å². The first-order valence-corrected chi connectivity index (χ1v) is 12.1. The van der Waals surface area contributed by atoms with E-state index in [2.05, 4.69) is 23.6 Å². The van der Waals surface area contributed by atoms with Gasteiger partial charge >= 0.3 is 0 Å². The van der Waals surface area contributed by atoms with E-state index in [1.807, 2.05) is 24.6 Å². The summed E-state index contributed by atoms with van der Waals surface area (Å²) < 4.78 is 9.21. The van der Waals surface area contributed by atoms with Crippen molar-refractivity contribution in [3.63, 3.8) is 0 Å². The topological polar surface area (TPSA) is 49.0 Å². The lowest BCUT2D eigenvalue weighted by molar-refractivity contribution is 0.134. The molecule has 0 aliphatic heterocycles. The monoisotopic (exact) mass is 497 g/mol. The molecule has 5 aromatic rings. The van der Waals surface area contributed by atoms with E-state index < -0.39 is 0 Å². The van der Waals surface area contributed by atoms with Crippen molar-refractivity contribution in [2.45, 2.75) is 13.5 Å². The van der Waals surface area contributed by atoms with Crippen molar-refractivity contribution in [3.8, 4) is 22.4 Å². The summed E-state index contributed by atoms with van der Waals surface area (Å²) in [4.78, 5) is 18.0. The van der Waals surface area contributed by atoms with E-state index in [0.29, 0.717) is 34.4 Å². The lowest BCUT2D eigenvalue weighted by Crippen LogP contribution is -2.20. The number of pyridine rings is 1. The molecule has 0 bridgehead atoms. The molecule has 3 heterocycles. The molecule has 0 atom stereocenters. The Labute approximate surface area is 204 Å². The van der Waals surface area contributed by atoms with Crippen molar-refractivity contribution in [2.24, 2.45) is 14.1 Å². The van der Waals surface area contributed by atoms with Gasteiger partial charge in [0.2, 0.25) is 0 Å². The Kier molecular flexibility index (Phi) is 5.79. The largest absolute Gasteiger partial charge is 0.375 e. The van der Waals surface area contributed by atoms with Crippen LogP contribution in [0.25, 0.3) is 44.3 Å². The van der Waals surface area contributed by atoms with Gasteiger partial charge in [0.25, 0.3) is 5.56 Å². The Hall–Kier alpha value is -2.64. The van der Waals surface area contributed by atoms with Gasteiger partial charge in [0, 0.05) is 58.6 Å². The SMILES string of the molecule is CCOCc1nc(-c2ccc3c(c2)c2cc(-c4ccc(Cl)cc4Cl)c(=O)n(C)c2n3C)cs1. The minimum absolute atomic E-state index is 0.113. The first-order chi connectivity index (χ1) is 15.9. The fraction of sp³-hybridized carbons (Fsp3) is 0.200. The molecule has 0 aliphatic rings. The molecular weight excluding hydrogens is 477 g/mol. The van der Waals surface area contributed by atoms with Crippen LogP contribution in [-0.4, -0.2) is 20.7 Å².